The van der Waals surface area contributed by atoms with Gasteiger partial charge in [0.2, 0.25) is 5.91 Å². The lowest BCUT2D eigenvalue weighted by Crippen LogP contribution is -2.42. The highest BCUT2D eigenvalue weighted by Gasteiger charge is 2.28. The van der Waals surface area contributed by atoms with Gasteiger partial charge in [-0.05, 0) is 18.6 Å². The van der Waals surface area contributed by atoms with E-state index in [-0.39, 0.29) is 12.5 Å². The van der Waals surface area contributed by atoms with Gasteiger partial charge >= 0.3 is 6.09 Å². The number of hydrogen-bond acceptors (Lipinski definition) is 6. The molecule has 0 atom stereocenters. The number of carbonyl (C=O) groups excluding carboxylic acids is 2. The van der Waals surface area contributed by atoms with E-state index in [0.29, 0.717) is 38.8 Å². The Morgan fingerprint density at radius 3 is 2.80 bits per heavy atom. The number of benzene rings is 1. The summed E-state index contributed by atoms with van der Waals surface area (Å²) in [5, 5.41) is 0. The van der Waals surface area contributed by atoms with Crippen LogP contribution in [0.3, 0.4) is 0 Å². The molecule has 8 nitrogen and oxygen atoms in total. The Kier molecular flexibility index (Phi) is 4.17. The van der Waals surface area contributed by atoms with Gasteiger partial charge in [0.25, 0.3) is 6.01 Å². The van der Waals surface area contributed by atoms with Gasteiger partial charge in [0.15, 0.2) is 5.58 Å². The van der Waals surface area contributed by atoms with Crippen molar-refractivity contribution in [2.75, 3.05) is 50.8 Å². The van der Waals surface area contributed by atoms with Crippen LogP contribution in [-0.2, 0) is 9.53 Å². The summed E-state index contributed by atoms with van der Waals surface area (Å²) in [6.45, 7) is 3.61. The lowest BCUT2D eigenvalue weighted by molar-refractivity contribution is -0.131. The number of carbonyl (C=O) groups is 2. The predicted octanol–water partition coefficient (Wildman–Crippen LogP) is 1.32. The third kappa shape index (κ3) is 3.24. The van der Waals surface area contributed by atoms with Crippen LogP contribution in [0.1, 0.15) is 6.42 Å². The van der Waals surface area contributed by atoms with Gasteiger partial charge in [0.05, 0.1) is 6.54 Å². The van der Waals surface area contributed by atoms with Gasteiger partial charge < -0.3 is 19.0 Å². The average molecular weight is 344 g/mol. The molecule has 8 heteroatoms. The van der Waals surface area contributed by atoms with Crippen LogP contribution in [0, 0.1) is 0 Å². The Morgan fingerprint density at radius 2 is 2.00 bits per heavy atom. The Bertz CT molecular complexity index is 757. The molecule has 132 valence electrons. The zero-order chi connectivity index (χ0) is 17.2. The third-order valence-corrected chi connectivity index (χ3v) is 4.57. The van der Waals surface area contributed by atoms with Gasteiger partial charge in [-0.1, -0.05) is 12.1 Å². The highest BCUT2D eigenvalue weighted by Crippen LogP contribution is 2.22. The van der Waals surface area contributed by atoms with Gasteiger partial charge in [0.1, 0.15) is 18.7 Å². The number of cyclic esters (lactones) is 1. The molecule has 0 unspecified atom stereocenters. The number of rotatable bonds is 3. The van der Waals surface area contributed by atoms with Crippen LogP contribution in [0.2, 0.25) is 0 Å². The van der Waals surface area contributed by atoms with E-state index in [4.69, 9.17) is 9.15 Å². The van der Waals surface area contributed by atoms with Crippen LogP contribution < -0.4 is 4.90 Å². The molecule has 1 aromatic carbocycles. The summed E-state index contributed by atoms with van der Waals surface area (Å²) in [6, 6.07) is 8.27. The number of nitrogens with zero attached hydrogens (tertiary/aromatic N) is 4. The number of para-hydroxylation sites is 2. The molecule has 4 rings (SSSR count). The van der Waals surface area contributed by atoms with Crippen LogP contribution in [0.4, 0.5) is 10.8 Å². The molecule has 3 heterocycles. The molecule has 0 radical (unpaired) electrons. The van der Waals surface area contributed by atoms with Crippen molar-refractivity contribution >= 4 is 29.1 Å². The number of oxazole rings is 1. The number of ether oxygens (including phenoxy) is 1. The predicted molar refractivity (Wildman–Crippen MR) is 90.3 cm³/mol. The minimum atomic E-state index is -0.406. The molecule has 2 saturated heterocycles. The second-order valence-corrected chi connectivity index (χ2v) is 6.22. The molecule has 2 amide bonds. The lowest BCUT2D eigenvalue weighted by atomic mass is 10.3. The number of fused-ring (bicyclic) bond motifs is 1. The molecule has 0 aliphatic carbocycles. The molecule has 0 N–H and O–H groups in total. The highest BCUT2D eigenvalue weighted by atomic mass is 16.6. The molecule has 0 bridgehead atoms. The first-order valence-electron chi connectivity index (χ1n) is 8.51. The topological polar surface area (TPSA) is 79.1 Å². The molecular weight excluding hydrogens is 324 g/mol. The van der Waals surface area contributed by atoms with E-state index < -0.39 is 6.09 Å². The fourth-order valence-corrected chi connectivity index (χ4v) is 3.19. The molecule has 25 heavy (non-hydrogen) atoms. The van der Waals surface area contributed by atoms with E-state index in [9.17, 15) is 9.59 Å². The molecule has 2 aliphatic rings. The number of anilines is 1. The highest BCUT2D eigenvalue weighted by molar-refractivity contribution is 5.83. The van der Waals surface area contributed by atoms with Crippen molar-refractivity contribution in [3.8, 4) is 0 Å². The second kappa shape index (κ2) is 6.62. The summed E-state index contributed by atoms with van der Waals surface area (Å²) in [5.74, 6) is -0.0433. The van der Waals surface area contributed by atoms with Crippen LogP contribution in [0.15, 0.2) is 28.7 Å². The smallest absolute Gasteiger partial charge is 0.410 e. The molecule has 2 aliphatic heterocycles. The van der Waals surface area contributed by atoms with E-state index >= 15 is 0 Å². The van der Waals surface area contributed by atoms with Crippen molar-refractivity contribution in [1.82, 2.24) is 14.8 Å². The molecule has 2 fully saturated rings. The first-order chi connectivity index (χ1) is 12.2. The maximum Gasteiger partial charge on any atom is 0.410 e. The van der Waals surface area contributed by atoms with E-state index in [1.165, 1.54) is 4.90 Å². The molecule has 2 aromatic rings. The zero-order valence-electron chi connectivity index (χ0n) is 13.9. The van der Waals surface area contributed by atoms with Gasteiger partial charge in [-0.2, -0.15) is 4.98 Å². The van der Waals surface area contributed by atoms with Crippen molar-refractivity contribution in [2.24, 2.45) is 0 Å². The van der Waals surface area contributed by atoms with Crippen molar-refractivity contribution in [3.05, 3.63) is 24.3 Å². The van der Waals surface area contributed by atoms with Gasteiger partial charge in [-0.15, -0.1) is 0 Å². The van der Waals surface area contributed by atoms with Crippen molar-refractivity contribution in [2.45, 2.75) is 6.42 Å². The summed E-state index contributed by atoms with van der Waals surface area (Å²) in [5.41, 5.74) is 1.60. The van der Waals surface area contributed by atoms with Crippen LogP contribution >= 0.6 is 0 Å². The SMILES string of the molecule is O=C(CN1CCOC1=O)N1CCCN(c2nc3ccccc3o2)CC1. The van der Waals surface area contributed by atoms with E-state index in [1.807, 2.05) is 24.3 Å². The summed E-state index contributed by atoms with van der Waals surface area (Å²) in [6.07, 6.45) is 0.422. The Labute approximate surface area is 144 Å². The van der Waals surface area contributed by atoms with E-state index in [0.717, 1.165) is 24.1 Å². The molecule has 0 spiro atoms. The zero-order valence-corrected chi connectivity index (χ0v) is 13.9. The lowest BCUT2D eigenvalue weighted by Gasteiger charge is -2.23. The fraction of sp³-hybridized carbons (Fsp3) is 0.471. The summed E-state index contributed by atoms with van der Waals surface area (Å²) < 4.78 is 10.7. The Hall–Kier alpha value is -2.77. The summed E-state index contributed by atoms with van der Waals surface area (Å²) in [7, 11) is 0. The minimum absolute atomic E-state index is 0.0433. The first-order valence-corrected chi connectivity index (χ1v) is 8.51. The number of aromatic nitrogens is 1. The maximum absolute atomic E-state index is 12.5. The van der Waals surface area contributed by atoms with Gasteiger partial charge in [0, 0.05) is 26.2 Å². The second-order valence-electron chi connectivity index (χ2n) is 6.22. The quantitative estimate of drug-likeness (QED) is 0.835. The number of amides is 2. The monoisotopic (exact) mass is 344 g/mol. The van der Waals surface area contributed by atoms with Crippen LogP contribution in [-0.4, -0.2) is 72.7 Å². The normalized spacial score (nSPS) is 18.6. The van der Waals surface area contributed by atoms with Crippen molar-refractivity contribution < 1.29 is 18.7 Å². The minimum Gasteiger partial charge on any atom is -0.448 e. The Balaban J connectivity index is 1.39. The third-order valence-electron chi connectivity index (χ3n) is 4.57. The fourth-order valence-electron chi connectivity index (χ4n) is 3.19. The summed E-state index contributed by atoms with van der Waals surface area (Å²) in [4.78, 5) is 33.8. The standard InChI is InChI=1S/C17H20N4O4/c22-15(12-21-10-11-24-17(21)23)19-6-3-7-20(9-8-19)16-18-13-4-1-2-5-14(13)25-16/h1-2,4-5H,3,6-12H2. The van der Waals surface area contributed by atoms with Gasteiger partial charge in [-0.25, -0.2) is 4.79 Å². The van der Waals surface area contributed by atoms with Crippen molar-refractivity contribution in [1.29, 1.82) is 0 Å². The number of hydrogen-bond donors (Lipinski definition) is 0. The van der Waals surface area contributed by atoms with Crippen LogP contribution in [0.25, 0.3) is 11.1 Å². The Morgan fingerprint density at radius 1 is 1.12 bits per heavy atom. The van der Waals surface area contributed by atoms with Crippen molar-refractivity contribution in [3.63, 3.8) is 0 Å². The molecule has 0 saturated carbocycles. The van der Waals surface area contributed by atoms with Gasteiger partial charge in [-0.3, -0.25) is 9.69 Å². The first kappa shape index (κ1) is 15.7. The molecular formula is C17H20N4O4. The van der Waals surface area contributed by atoms with E-state index in [1.54, 1.807) is 4.90 Å². The average Bonchev–Trinajstić information content (AvgIpc) is 3.13. The summed E-state index contributed by atoms with van der Waals surface area (Å²) >= 11 is 0. The maximum atomic E-state index is 12.5. The van der Waals surface area contributed by atoms with Crippen LogP contribution in [0.5, 0.6) is 0 Å². The molecule has 1 aromatic heterocycles. The largest absolute Gasteiger partial charge is 0.448 e. The van der Waals surface area contributed by atoms with E-state index in [2.05, 4.69) is 9.88 Å².